The molecule has 1 fully saturated rings. The quantitative estimate of drug-likeness (QED) is 0.283. The number of hydrogen-bond acceptors (Lipinski definition) is 2. The summed E-state index contributed by atoms with van der Waals surface area (Å²) in [5, 5.41) is 0. The third-order valence-electron chi connectivity index (χ3n) is 4.38. The van der Waals surface area contributed by atoms with Crippen LogP contribution < -0.4 is 0 Å². The molecule has 0 bridgehead atoms. The molecular weight excluding hydrogens is 632 g/mol. The first-order valence-corrected chi connectivity index (χ1v) is 7.85. The van der Waals surface area contributed by atoms with Crippen molar-refractivity contribution in [2.24, 2.45) is 0 Å². The van der Waals surface area contributed by atoms with Gasteiger partial charge in [0, 0.05) is 0 Å². The second-order valence-electron chi connectivity index (χ2n) is 6.87. The van der Waals surface area contributed by atoms with Gasteiger partial charge < -0.3 is 0 Å². The molecular formula is C12F24O2. The van der Waals surface area contributed by atoms with Crippen LogP contribution in [0.4, 0.5) is 105 Å². The zero-order chi connectivity index (χ0) is 31.4. The molecule has 0 spiro atoms. The minimum atomic E-state index is -9.01. The van der Waals surface area contributed by atoms with Crippen molar-refractivity contribution in [3.05, 3.63) is 0 Å². The summed E-state index contributed by atoms with van der Waals surface area (Å²) in [7, 11) is 0. The van der Waals surface area contributed by atoms with Crippen molar-refractivity contribution in [2.45, 2.75) is 71.8 Å². The van der Waals surface area contributed by atoms with Crippen molar-refractivity contribution in [1.29, 1.82) is 0 Å². The molecule has 1 rings (SSSR count). The number of halogens is 24. The van der Waals surface area contributed by atoms with E-state index in [2.05, 4.69) is 0 Å². The van der Waals surface area contributed by atoms with E-state index < -0.39 is 71.8 Å². The van der Waals surface area contributed by atoms with Crippen LogP contribution in [0.25, 0.3) is 0 Å². The molecule has 26 heteroatoms. The highest BCUT2D eigenvalue weighted by molar-refractivity contribution is 5.25. The number of alkyl halides is 24. The Morgan fingerprint density at radius 1 is 0.316 bits per heavy atom. The first-order chi connectivity index (χ1) is 15.9. The lowest BCUT2D eigenvalue weighted by molar-refractivity contribution is -0.593. The molecule has 0 N–H and O–H groups in total. The van der Waals surface area contributed by atoms with Gasteiger partial charge in [0.25, 0.3) is 0 Å². The summed E-state index contributed by atoms with van der Waals surface area (Å²) in [5.41, 5.74) is 0. The Morgan fingerprint density at radius 2 is 0.526 bits per heavy atom. The van der Waals surface area contributed by atoms with E-state index >= 15 is 0 Å². The second-order valence-corrected chi connectivity index (χ2v) is 6.87. The summed E-state index contributed by atoms with van der Waals surface area (Å²) in [6.07, 6.45) is -32.8. The fourth-order valence-corrected chi connectivity index (χ4v) is 2.27. The average Bonchev–Trinajstić information content (AvgIpc) is 2.63. The van der Waals surface area contributed by atoms with Crippen molar-refractivity contribution in [2.75, 3.05) is 0 Å². The van der Waals surface area contributed by atoms with Crippen molar-refractivity contribution >= 4 is 0 Å². The van der Waals surface area contributed by atoms with Crippen LogP contribution in [0.1, 0.15) is 0 Å². The van der Waals surface area contributed by atoms with Gasteiger partial charge in [-0.2, -0.15) is 105 Å². The molecule has 0 amide bonds. The summed E-state index contributed by atoms with van der Waals surface area (Å²) >= 11 is 0. The summed E-state index contributed by atoms with van der Waals surface area (Å²) in [6.45, 7) is 0. The highest BCUT2D eigenvalue weighted by Gasteiger charge is 3.04. The fourth-order valence-electron chi connectivity index (χ4n) is 2.27. The highest BCUT2D eigenvalue weighted by Crippen LogP contribution is 2.72. The van der Waals surface area contributed by atoms with Gasteiger partial charge in [-0.25, -0.2) is 0 Å². The summed E-state index contributed by atoms with van der Waals surface area (Å²) in [5.74, 6) is -69.5. The van der Waals surface area contributed by atoms with E-state index in [9.17, 15) is 105 Å². The number of ether oxygens (including phenoxy) is 2. The SMILES string of the molecule is FC(F)(F)C(F)(F)C(F)(F)O[C@@]1(F)C(F)(F)C(F)(F)C(F)(F)[C@](F)(OC(F)(F)C(F)(F)C(F)(F)F)C1(F)F. The molecule has 0 aliphatic heterocycles. The Balaban J connectivity index is 4.09. The monoisotopic (exact) mass is 632 g/mol. The zero-order valence-electron chi connectivity index (χ0n) is 15.9. The van der Waals surface area contributed by atoms with Crippen LogP contribution in [0.2, 0.25) is 0 Å². The second kappa shape index (κ2) is 7.92. The Hall–Kier alpha value is -1.76. The Kier molecular flexibility index (Phi) is 7.14. The Bertz CT molecular complexity index is 842. The molecule has 0 aromatic heterocycles. The van der Waals surface area contributed by atoms with Gasteiger partial charge in [-0.15, -0.1) is 0 Å². The summed E-state index contributed by atoms with van der Waals surface area (Å²) in [6, 6.07) is 0. The lowest BCUT2D eigenvalue weighted by Gasteiger charge is -2.55. The van der Waals surface area contributed by atoms with E-state index in [4.69, 9.17) is 0 Å². The molecule has 2 atom stereocenters. The van der Waals surface area contributed by atoms with E-state index in [0.717, 1.165) is 9.47 Å². The van der Waals surface area contributed by atoms with Crippen molar-refractivity contribution in [3.63, 3.8) is 0 Å². The van der Waals surface area contributed by atoms with E-state index in [1.807, 2.05) is 0 Å². The summed E-state index contributed by atoms with van der Waals surface area (Å²) < 4.78 is 316. The highest BCUT2D eigenvalue weighted by atomic mass is 19.4. The molecule has 0 radical (unpaired) electrons. The average molecular weight is 632 g/mol. The molecule has 1 aliphatic carbocycles. The predicted octanol–water partition coefficient (Wildman–Crippen LogP) is 7.49. The van der Waals surface area contributed by atoms with Crippen molar-refractivity contribution < 1.29 is 115 Å². The molecule has 0 unspecified atom stereocenters. The lowest BCUT2D eigenvalue weighted by Crippen LogP contribution is -2.87. The van der Waals surface area contributed by atoms with Gasteiger partial charge in [-0.1, -0.05) is 0 Å². The van der Waals surface area contributed by atoms with E-state index in [-0.39, 0.29) is 0 Å². The number of hydrogen-bond donors (Lipinski definition) is 0. The first-order valence-electron chi connectivity index (χ1n) is 7.85. The standard InChI is InChI=1S/C12F24O2/c13-1(14)2(15,16)7(25,37-11(33,34)5(21,22)9(27,28)29)4(19,20)8(26,3(1,17)18)38-12(35,36)6(23,24)10(30,31)32/t7-,8-/m0/s1. The maximum absolute atomic E-state index is 14.3. The molecule has 1 saturated carbocycles. The molecule has 38 heavy (non-hydrogen) atoms. The summed E-state index contributed by atoms with van der Waals surface area (Å²) in [4.78, 5) is 0. The van der Waals surface area contributed by atoms with Crippen molar-refractivity contribution in [3.8, 4) is 0 Å². The molecule has 0 heterocycles. The zero-order valence-corrected chi connectivity index (χ0v) is 15.9. The molecule has 228 valence electrons. The Labute approximate surface area is 188 Å². The predicted molar refractivity (Wildman–Crippen MR) is 61.5 cm³/mol. The normalized spacial score (nSPS) is 30.3. The smallest absolute Gasteiger partial charge is 0.267 e. The van der Waals surface area contributed by atoms with Gasteiger partial charge in [0.05, 0.1) is 0 Å². The van der Waals surface area contributed by atoms with E-state index in [1.54, 1.807) is 0 Å². The molecule has 1 aliphatic rings. The van der Waals surface area contributed by atoms with Crippen molar-refractivity contribution in [1.82, 2.24) is 0 Å². The van der Waals surface area contributed by atoms with Crippen LogP contribution in [0.5, 0.6) is 0 Å². The largest absolute Gasteiger partial charge is 0.462 e. The van der Waals surface area contributed by atoms with Crippen LogP contribution in [0.3, 0.4) is 0 Å². The molecule has 0 saturated heterocycles. The topological polar surface area (TPSA) is 18.5 Å². The Morgan fingerprint density at radius 3 is 0.711 bits per heavy atom. The molecule has 2 nitrogen and oxygen atoms in total. The minimum absolute atomic E-state index is 1.02. The minimum Gasteiger partial charge on any atom is -0.267 e. The van der Waals surface area contributed by atoms with Crippen LogP contribution >= 0.6 is 0 Å². The fraction of sp³-hybridized carbons (Fsp3) is 1.00. The van der Waals surface area contributed by atoms with E-state index in [0.29, 0.717) is 0 Å². The van der Waals surface area contributed by atoms with Crippen LogP contribution in [-0.2, 0) is 9.47 Å². The first kappa shape index (κ1) is 34.3. The van der Waals surface area contributed by atoms with Gasteiger partial charge in [0.15, 0.2) is 0 Å². The van der Waals surface area contributed by atoms with Gasteiger partial charge in [-0.3, -0.25) is 9.47 Å². The third kappa shape index (κ3) is 3.77. The molecule has 0 aromatic rings. The van der Waals surface area contributed by atoms with Crippen LogP contribution in [0, 0.1) is 0 Å². The maximum atomic E-state index is 14.3. The van der Waals surface area contributed by atoms with Crippen LogP contribution in [-0.4, -0.2) is 71.8 Å². The van der Waals surface area contributed by atoms with E-state index in [1.165, 1.54) is 0 Å². The maximum Gasteiger partial charge on any atom is 0.462 e. The number of rotatable bonds is 6. The van der Waals surface area contributed by atoms with Gasteiger partial charge in [0.1, 0.15) is 0 Å². The lowest BCUT2D eigenvalue weighted by atomic mass is 9.77. The third-order valence-corrected chi connectivity index (χ3v) is 4.38. The van der Waals surface area contributed by atoms with Gasteiger partial charge in [-0.05, 0) is 0 Å². The van der Waals surface area contributed by atoms with Gasteiger partial charge >= 0.3 is 71.8 Å². The van der Waals surface area contributed by atoms with Gasteiger partial charge in [0.2, 0.25) is 0 Å². The van der Waals surface area contributed by atoms with Crippen LogP contribution in [0.15, 0.2) is 0 Å². The molecule has 0 aromatic carbocycles.